The van der Waals surface area contributed by atoms with Gasteiger partial charge in [0.25, 0.3) is 5.91 Å². The van der Waals surface area contributed by atoms with Gasteiger partial charge in [0.15, 0.2) is 0 Å². The molecule has 5 nitrogen and oxygen atoms in total. The molecule has 1 aromatic heterocycles. The molecule has 0 bridgehead atoms. The molecule has 17 heavy (non-hydrogen) atoms. The van der Waals surface area contributed by atoms with E-state index in [1.807, 2.05) is 0 Å². The zero-order valence-corrected chi connectivity index (χ0v) is 10.0. The Morgan fingerprint density at radius 2 is 2.41 bits per heavy atom. The van der Waals surface area contributed by atoms with Gasteiger partial charge in [0.1, 0.15) is 5.69 Å². The first-order valence-electron chi connectivity index (χ1n) is 5.78. The van der Waals surface area contributed by atoms with Gasteiger partial charge < -0.3 is 16.2 Å². The van der Waals surface area contributed by atoms with Crippen LogP contribution in [-0.2, 0) is 0 Å². The zero-order valence-electron chi connectivity index (χ0n) is 10.0. The molecular weight excluding hydrogens is 218 g/mol. The number of anilines is 1. The fourth-order valence-corrected chi connectivity index (χ4v) is 1.57. The third kappa shape index (κ3) is 4.40. The molecule has 1 heterocycles. The number of aromatic nitrogens is 1. The first-order chi connectivity index (χ1) is 8.17. The van der Waals surface area contributed by atoms with E-state index in [4.69, 9.17) is 10.8 Å². The van der Waals surface area contributed by atoms with Crippen molar-refractivity contribution in [1.29, 1.82) is 0 Å². The average Bonchev–Trinajstić information content (AvgIpc) is 2.34. The summed E-state index contributed by atoms with van der Waals surface area (Å²) >= 11 is 0. The lowest BCUT2D eigenvalue weighted by Crippen LogP contribution is -2.16. The van der Waals surface area contributed by atoms with Crippen LogP contribution in [0.5, 0.6) is 0 Å². The molecule has 5 heteroatoms. The van der Waals surface area contributed by atoms with E-state index >= 15 is 0 Å². The minimum atomic E-state index is -0.531. The van der Waals surface area contributed by atoms with Crippen LogP contribution in [0.3, 0.4) is 0 Å². The van der Waals surface area contributed by atoms with Gasteiger partial charge in [-0.15, -0.1) is 0 Å². The molecule has 0 aliphatic carbocycles. The Labute approximate surface area is 101 Å². The van der Waals surface area contributed by atoms with Crippen LogP contribution in [0.2, 0.25) is 0 Å². The Bertz CT molecular complexity index is 369. The molecule has 1 unspecified atom stereocenters. The highest BCUT2D eigenvalue weighted by molar-refractivity contribution is 5.91. The summed E-state index contributed by atoms with van der Waals surface area (Å²) in [5.74, 6) is -0.110. The van der Waals surface area contributed by atoms with E-state index in [0.717, 1.165) is 25.1 Å². The van der Waals surface area contributed by atoms with Crippen molar-refractivity contribution in [3.63, 3.8) is 0 Å². The van der Waals surface area contributed by atoms with E-state index in [-0.39, 0.29) is 12.3 Å². The minimum absolute atomic E-state index is 0.197. The fourth-order valence-electron chi connectivity index (χ4n) is 1.57. The summed E-state index contributed by atoms with van der Waals surface area (Å²) < 4.78 is 0. The number of aliphatic hydroxyl groups excluding tert-OH is 1. The smallest absolute Gasteiger partial charge is 0.267 e. The van der Waals surface area contributed by atoms with Crippen LogP contribution in [0.4, 0.5) is 5.69 Å². The molecule has 0 spiro atoms. The molecule has 0 aliphatic heterocycles. The van der Waals surface area contributed by atoms with Crippen molar-refractivity contribution in [2.45, 2.75) is 19.8 Å². The second kappa shape index (κ2) is 6.85. The van der Waals surface area contributed by atoms with Crippen molar-refractivity contribution in [2.24, 2.45) is 11.7 Å². The van der Waals surface area contributed by atoms with E-state index in [1.54, 1.807) is 18.3 Å². The van der Waals surface area contributed by atoms with Crippen LogP contribution in [0.25, 0.3) is 0 Å². The standard InChI is InChI=1S/C12H19N3O2/c1-2-9(4-6-16)8-15-10-3-5-14-11(7-10)12(13)17/h3,5,7,9,16H,2,4,6,8H2,1H3,(H2,13,17)(H,14,15). The topological polar surface area (TPSA) is 88.2 Å². The number of carbonyl (C=O) groups is 1. The molecule has 1 amide bonds. The lowest BCUT2D eigenvalue weighted by atomic mass is 10.0. The summed E-state index contributed by atoms with van der Waals surface area (Å²) in [6, 6.07) is 3.42. The lowest BCUT2D eigenvalue weighted by Gasteiger charge is -2.15. The van der Waals surface area contributed by atoms with Gasteiger partial charge in [-0.2, -0.15) is 0 Å². The number of nitrogens with zero attached hydrogens (tertiary/aromatic N) is 1. The molecule has 1 atom stereocenters. The molecule has 0 saturated heterocycles. The van der Waals surface area contributed by atoms with Crippen LogP contribution in [0.15, 0.2) is 18.3 Å². The normalized spacial score (nSPS) is 12.1. The van der Waals surface area contributed by atoms with E-state index in [0.29, 0.717) is 5.92 Å². The van der Waals surface area contributed by atoms with Gasteiger partial charge in [0.05, 0.1) is 0 Å². The molecule has 1 aromatic rings. The van der Waals surface area contributed by atoms with Gasteiger partial charge in [0, 0.05) is 25.0 Å². The van der Waals surface area contributed by atoms with E-state index < -0.39 is 5.91 Å². The Balaban J connectivity index is 2.56. The van der Waals surface area contributed by atoms with Crippen molar-refractivity contribution in [2.75, 3.05) is 18.5 Å². The average molecular weight is 237 g/mol. The molecular formula is C12H19N3O2. The summed E-state index contributed by atoms with van der Waals surface area (Å²) in [7, 11) is 0. The third-order valence-corrected chi connectivity index (χ3v) is 2.72. The van der Waals surface area contributed by atoms with Gasteiger partial charge in [-0.1, -0.05) is 13.3 Å². The highest BCUT2D eigenvalue weighted by atomic mass is 16.3. The summed E-state index contributed by atoms with van der Waals surface area (Å²) in [6.45, 7) is 3.05. The first-order valence-corrected chi connectivity index (χ1v) is 5.78. The predicted octanol–water partition coefficient (Wildman–Crippen LogP) is 1.00. The number of nitrogens with one attached hydrogen (secondary N) is 1. The number of primary amides is 1. The first kappa shape index (κ1) is 13.4. The number of nitrogens with two attached hydrogens (primary N) is 1. The number of carbonyl (C=O) groups excluding carboxylic acids is 1. The lowest BCUT2D eigenvalue weighted by molar-refractivity contribution is 0.0995. The molecule has 1 rings (SSSR count). The van der Waals surface area contributed by atoms with Crippen molar-refractivity contribution < 1.29 is 9.90 Å². The SMILES string of the molecule is CCC(CCO)CNc1ccnc(C(N)=O)c1. The number of rotatable bonds is 7. The second-order valence-electron chi connectivity index (χ2n) is 3.96. The molecule has 94 valence electrons. The highest BCUT2D eigenvalue weighted by Crippen LogP contribution is 2.12. The maximum absolute atomic E-state index is 10.9. The number of hydrogen-bond donors (Lipinski definition) is 3. The summed E-state index contributed by atoms with van der Waals surface area (Å²) in [5.41, 5.74) is 6.23. The third-order valence-electron chi connectivity index (χ3n) is 2.72. The molecule has 0 fully saturated rings. The minimum Gasteiger partial charge on any atom is -0.396 e. The highest BCUT2D eigenvalue weighted by Gasteiger charge is 2.06. The maximum atomic E-state index is 10.9. The molecule has 0 aromatic carbocycles. The summed E-state index contributed by atoms with van der Waals surface area (Å²) in [6.07, 6.45) is 3.33. The maximum Gasteiger partial charge on any atom is 0.267 e. The van der Waals surface area contributed by atoms with Crippen LogP contribution >= 0.6 is 0 Å². The zero-order chi connectivity index (χ0) is 12.7. The molecule has 0 saturated carbocycles. The number of pyridine rings is 1. The van der Waals surface area contributed by atoms with E-state index in [1.165, 1.54) is 0 Å². The molecule has 0 radical (unpaired) electrons. The number of amides is 1. The van der Waals surface area contributed by atoms with Crippen LogP contribution in [0.1, 0.15) is 30.3 Å². The Hall–Kier alpha value is -1.62. The van der Waals surface area contributed by atoms with Crippen LogP contribution in [0, 0.1) is 5.92 Å². The summed E-state index contributed by atoms with van der Waals surface area (Å²) in [4.78, 5) is 14.8. The Morgan fingerprint density at radius 1 is 1.65 bits per heavy atom. The molecule has 4 N–H and O–H groups in total. The van der Waals surface area contributed by atoms with Crippen LogP contribution in [-0.4, -0.2) is 29.1 Å². The van der Waals surface area contributed by atoms with Gasteiger partial charge in [-0.3, -0.25) is 9.78 Å². The van der Waals surface area contributed by atoms with Gasteiger partial charge >= 0.3 is 0 Å². The Morgan fingerprint density at radius 3 is 3.00 bits per heavy atom. The van der Waals surface area contributed by atoms with Crippen LogP contribution < -0.4 is 11.1 Å². The fraction of sp³-hybridized carbons (Fsp3) is 0.500. The second-order valence-corrected chi connectivity index (χ2v) is 3.96. The number of aliphatic hydroxyl groups is 1. The van der Waals surface area contributed by atoms with Crippen molar-refractivity contribution in [1.82, 2.24) is 4.98 Å². The summed E-state index contributed by atoms with van der Waals surface area (Å²) in [5, 5.41) is 12.1. The van der Waals surface area contributed by atoms with Gasteiger partial charge in [-0.25, -0.2) is 0 Å². The largest absolute Gasteiger partial charge is 0.396 e. The Kier molecular flexibility index (Phi) is 5.42. The predicted molar refractivity (Wildman–Crippen MR) is 66.7 cm³/mol. The molecule has 0 aliphatic rings. The van der Waals surface area contributed by atoms with E-state index in [9.17, 15) is 4.79 Å². The number of hydrogen-bond acceptors (Lipinski definition) is 4. The van der Waals surface area contributed by atoms with Crippen molar-refractivity contribution >= 4 is 11.6 Å². The van der Waals surface area contributed by atoms with Crippen molar-refractivity contribution in [3.8, 4) is 0 Å². The van der Waals surface area contributed by atoms with Gasteiger partial charge in [-0.05, 0) is 24.5 Å². The quantitative estimate of drug-likeness (QED) is 0.660. The van der Waals surface area contributed by atoms with Gasteiger partial charge in [0.2, 0.25) is 0 Å². The van der Waals surface area contributed by atoms with E-state index in [2.05, 4.69) is 17.2 Å². The van der Waals surface area contributed by atoms with Crippen molar-refractivity contribution in [3.05, 3.63) is 24.0 Å². The monoisotopic (exact) mass is 237 g/mol.